The van der Waals surface area contributed by atoms with Crippen molar-refractivity contribution in [2.75, 3.05) is 47.9 Å². The molecule has 2 amide bonds. The zero-order chi connectivity index (χ0) is 27.2. The molecule has 2 aliphatic rings. The van der Waals surface area contributed by atoms with Crippen molar-refractivity contribution in [3.05, 3.63) is 30.1 Å². The lowest BCUT2D eigenvalue weighted by molar-refractivity contribution is 0.257. The van der Waals surface area contributed by atoms with Crippen molar-refractivity contribution in [1.29, 1.82) is 0 Å². The topological polar surface area (TPSA) is 100 Å². The molecule has 0 spiro atoms. The number of carbonyl (C=O) groups is 1. The minimum atomic E-state index is -0.245. The van der Waals surface area contributed by atoms with Crippen molar-refractivity contribution < 1.29 is 9.53 Å². The lowest BCUT2D eigenvalue weighted by Gasteiger charge is -2.41. The number of carbonyl (C=O) groups excluding carboxylic acids is 1. The first-order valence-electron chi connectivity index (χ1n) is 13.4. The van der Waals surface area contributed by atoms with Crippen LogP contribution in [0.4, 0.5) is 22.0 Å². The molecule has 0 aromatic carbocycles. The summed E-state index contributed by atoms with van der Waals surface area (Å²) < 4.78 is 7.38. The second-order valence-corrected chi connectivity index (χ2v) is 9.19. The van der Waals surface area contributed by atoms with Crippen LogP contribution in [0.5, 0.6) is 5.88 Å². The van der Waals surface area contributed by atoms with Crippen molar-refractivity contribution in [2.45, 2.75) is 60.4 Å². The van der Waals surface area contributed by atoms with E-state index in [1.54, 1.807) is 15.8 Å². The molecule has 0 aliphatic carbocycles. The van der Waals surface area contributed by atoms with Crippen LogP contribution < -0.4 is 25.2 Å². The zero-order valence-electron chi connectivity index (χ0n) is 23.6. The first kappa shape index (κ1) is 28.2. The van der Waals surface area contributed by atoms with Gasteiger partial charge in [0.15, 0.2) is 5.65 Å². The van der Waals surface area contributed by atoms with Crippen molar-refractivity contribution >= 4 is 34.3 Å². The highest BCUT2D eigenvalue weighted by Crippen LogP contribution is 2.36. The SMILES string of the molecule is CC.CC.CCOc1nc2nn(C)cc2cc1NC(=O)N1CCc2c(N3CCNC(C)(C)C3)ccnc21. The van der Waals surface area contributed by atoms with Gasteiger partial charge >= 0.3 is 6.03 Å². The summed E-state index contributed by atoms with van der Waals surface area (Å²) in [5.41, 5.74) is 3.43. The van der Waals surface area contributed by atoms with E-state index in [0.717, 1.165) is 42.8 Å². The Bertz CT molecular complexity index is 1210. The molecule has 202 valence electrons. The summed E-state index contributed by atoms with van der Waals surface area (Å²) >= 11 is 0. The van der Waals surface area contributed by atoms with Crippen LogP contribution in [-0.2, 0) is 13.5 Å². The van der Waals surface area contributed by atoms with Crippen molar-refractivity contribution in [3.63, 3.8) is 0 Å². The Morgan fingerprint density at radius 1 is 1.22 bits per heavy atom. The fraction of sp³-hybridized carbons (Fsp3) is 0.556. The van der Waals surface area contributed by atoms with Crippen LogP contribution in [0.2, 0.25) is 0 Å². The second kappa shape index (κ2) is 12.2. The highest BCUT2D eigenvalue weighted by molar-refractivity contribution is 6.04. The average Bonchev–Trinajstić information content (AvgIpc) is 3.48. The number of aryl methyl sites for hydroxylation is 1. The number of nitrogens with zero attached hydrogens (tertiary/aromatic N) is 6. The molecule has 10 heteroatoms. The highest BCUT2D eigenvalue weighted by atomic mass is 16.5. The molecule has 0 atom stereocenters. The molecule has 0 bridgehead atoms. The standard InChI is InChI=1S/C23H30N8O2.2C2H6/c1-5-33-21-17(12-15-13-29(4)28-19(15)27-21)26-22(32)31-10-7-16-18(6-8-24-20(16)31)30-11-9-25-23(2,3)14-30;2*1-2/h6,8,12-13,25H,5,7,9-11,14H2,1-4H3,(H,26,32);2*1-2H3. The van der Waals surface area contributed by atoms with E-state index in [4.69, 9.17) is 4.74 Å². The monoisotopic (exact) mass is 510 g/mol. The molecule has 10 nitrogen and oxygen atoms in total. The third-order valence-electron chi connectivity index (χ3n) is 6.10. The summed E-state index contributed by atoms with van der Waals surface area (Å²) in [7, 11) is 1.84. The number of urea groups is 1. The Hall–Kier alpha value is -3.40. The van der Waals surface area contributed by atoms with E-state index >= 15 is 0 Å². The number of amides is 2. The van der Waals surface area contributed by atoms with Gasteiger partial charge in [-0.2, -0.15) is 10.1 Å². The van der Waals surface area contributed by atoms with E-state index in [1.807, 2.05) is 53.9 Å². The van der Waals surface area contributed by atoms with E-state index in [-0.39, 0.29) is 11.6 Å². The van der Waals surface area contributed by atoms with Gasteiger partial charge in [-0.25, -0.2) is 9.78 Å². The third-order valence-corrected chi connectivity index (χ3v) is 6.10. The van der Waals surface area contributed by atoms with E-state index in [9.17, 15) is 4.79 Å². The second-order valence-electron chi connectivity index (χ2n) is 9.19. The summed E-state index contributed by atoms with van der Waals surface area (Å²) in [5.74, 6) is 1.08. The van der Waals surface area contributed by atoms with E-state index in [2.05, 4.69) is 50.5 Å². The number of pyridine rings is 2. The van der Waals surface area contributed by atoms with Gasteiger partial charge in [-0.3, -0.25) is 9.58 Å². The third kappa shape index (κ3) is 6.12. The van der Waals surface area contributed by atoms with Crippen LogP contribution in [0.15, 0.2) is 24.5 Å². The number of rotatable bonds is 4. The van der Waals surface area contributed by atoms with E-state index in [1.165, 1.54) is 5.69 Å². The van der Waals surface area contributed by atoms with Crippen molar-refractivity contribution in [2.24, 2.45) is 7.05 Å². The van der Waals surface area contributed by atoms with Crippen LogP contribution in [0, 0.1) is 0 Å². The maximum Gasteiger partial charge on any atom is 0.327 e. The van der Waals surface area contributed by atoms with Crippen LogP contribution in [-0.4, -0.2) is 64.1 Å². The van der Waals surface area contributed by atoms with Gasteiger partial charge < -0.3 is 20.3 Å². The summed E-state index contributed by atoms with van der Waals surface area (Å²) in [6.07, 6.45) is 4.43. The van der Waals surface area contributed by atoms with Gasteiger partial charge in [0, 0.05) is 67.8 Å². The van der Waals surface area contributed by atoms with Gasteiger partial charge in [-0.15, -0.1) is 0 Å². The smallest absolute Gasteiger partial charge is 0.327 e. The molecule has 5 rings (SSSR count). The van der Waals surface area contributed by atoms with E-state index in [0.29, 0.717) is 30.4 Å². The Labute approximate surface area is 220 Å². The van der Waals surface area contributed by atoms with Gasteiger partial charge in [0.1, 0.15) is 11.5 Å². The fourth-order valence-corrected chi connectivity index (χ4v) is 4.69. The Kier molecular flexibility index (Phi) is 9.31. The maximum absolute atomic E-state index is 13.3. The normalized spacial score (nSPS) is 15.8. The molecule has 0 radical (unpaired) electrons. The van der Waals surface area contributed by atoms with Gasteiger partial charge in [-0.05, 0) is 39.3 Å². The van der Waals surface area contributed by atoms with Crippen molar-refractivity contribution in [1.82, 2.24) is 25.1 Å². The Morgan fingerprint density at radius 3 is 2.68 bits per heavy atom. The molecular formula is C27H42N8O2. The van der Waals surface area contributed by atoms with Crippen LogP contribution >= 0.6 is 0 Å². The minimum absolute atomic E-state index is 0.0394. The number of piperazine rings is 1. The Balaban J connectivity index is 0.000000907. The molecule has 2 N–H and O–H groups in total. The number of anilines is 3. The first-order valence-corrected chi connectivity index (χ1v) is 13.4. The molecule has 3 aromatic heterocycles. The first-order chi connectivity index (χ1) is 17.8. The Morgan fingerprint density at radius 2 is 1.97 bits per heavy atom. The predicted octanol–water partition coefficient (Wildman–Crippen LogP) is 4.60. The molecule has 2 aliphatic heterocycles. The molecular weight excluding hydrogens is 468 g/mol. The zero-order valence-corrected chi connectivity index (χ0v) is 23.6. The van der Waals surface area contributed by atoms with Crippen LogP contribution in [0.1, 0.15) is 54.0 Å². The molecule has 3 aromatic rings. The maximum atomic E-state index is 13.3. The molecule has 5 heterocycles. The molecule has 1 fully saturated rings. The van der Waals surface area contributed by atoms with Gasteiger partial charge in [0.05, 0.1) is 6.61 Å². The quantitative estimate of drug-likeness (QED) is 0.529. The number of nitrogens with one attached hydrogen (secondary N) is 2. The largest absolute Gasteiger partial charge is 0.476 e. The van der Waals surface area contributed by atoms with Crippen LogP contribution in [0.3, 0.4) is 0 Å². The van der Waals surface area contributed by atoms with Crippen molar-refractivity contribution in [3.8, 4) is 5.88 Å². The molecule has 1 saturated heterocycles. The van der Waals surface area contributed by atoms with Gasteiger partial charge in [0.2, 0.25) is 5.88 Å². The molecule has 37 heavy (non-hydrogen) atoms. The number of hydrogen-bond donors (Lipinski definition) is 2. The lowest BCUT2D eigenvalue weighted by atomic mass is 10.0. The molecule has 0 unspecified atom stereocenters. The summed E-state index contributed by atoms with van der Waals surface area (Å²) in [6.45, 7) is 18.1. The van der Waals surface area contributed by atoms with E-state index < -0.39 is 0 Å². The van der Waals surface area contributed by atoms with Crippen LogP contribution in [0.25, 0.3) is 11.0 Å². The number of aromatic nitrogens is 4. The average molecular weight is 511 g/mol. The summed E-state index contributed by atoms with van der Waals surface area (Å²) in [6, 6.07) is 3.67. The molecule has 0 saturated carbocycles. The highest BCUT2D eigenvalue weighted by Gasteiger charge is 2.33. The minimum Gasteiger partial charge on any atom is -0.476 e. The summed E-state index contributed by atoms with van der Waals surface area (Å²) in [4.78, 5) is 26.5. The predicted molar refractivity (Wildman–Crippen MR) is 151 cm³/mol. The number of fused-ring (bicyclic) bond motifs is 2. The van der Waals surface area contributed by atoms with Gasteiger partial charge in [0.25, 0.3) is 0 Å². The lowest BCUT2D eigenvalue weighted by Crippen LogP contribution is -2.57. The summed E-state index contributed by atoms with van der Waals surface area (Å²) in [5, 5.41) is 11.7. The number of ether oxygens (including phenoxy) is 1. The number of hydrogen-bond acceptors (Lipinski definition) is 7. The van der Waals surface area contributed by atoms with Gasteiger partial charge in [-0.1, -0.05) is 27.7 Å². The fourth-order valence-electron chi connectivity index (χ4n) is 4.69.